The van der Waals surface area contributed by atoms with Gasteiger partial charge in [-0.3, -0.25) is 0 Å². The van der Waals surface area contributed by atoms with Crippen molar-refractivity contribution in [2.45, 2.75) is 13.5 Å². The molecule has 0 bridgehead atoms. The molecule has 0 aliphatic carbocycles. The molecule has 0 aliphatic rings. The Bertz CT molecular complexity index is 950. The van der Waals surface area contributed by atoms with Crippen molar-refractivity contribution in [3.8, 4) is 23.7 Å². The van der Waals surface area contributed by atoms with Gasteiger partial charge in [0.25, 0.3) is 0 Å². The molecule has 0 fully saturated rings. The number of hydrogen-bond acceptors (Lipinski definition) is 2. The SMILES string of the molecule is CCn1c(C#Cc2ccccc2)c(C#N)c2ccc(OC)cc21. The number of methoxy groups -OCH3 is 1. The topological polar surface area (TPSA) is 38.0 Å². The summed E-state index contributed by atoms with van der Waals surface area (Å²) in [4.78, 5) is 0. The largest absolute Gasteiger partial charge is 0.497 e. The molecule has 1 heterocycles. The van der Waals surface area contributed by atoms with Crippen molar-refractivity contribution >= 4 is 10.9 Å². The highest BCUT2D eigenvalue weighted by molar-refractivity contribution is 5.90. The first kappa shape index (κ1) is 14.8. The molecule has 112 valence electrons. The molecule has 0 spiro atoms. The highest BCUT2D eigenvalue weighted by atomic mass is 16.5. The van der Waals surface area contributed by atoms with E-state index in [1.54, 1.807) is 7.11 Å². The van der Waals surface area contributed by atoms with Gasteiger partial charge in [-0.2, -0.15) is 5.26 Å². The first-order chi connectivity index (χ1) is 11.3. The third-order valence-corrected chi connectivity index (χ3v) is 3.80. The standard InChI is InChI=1S/C20H16N2O/c1-3-22-19(12-9-15-7-5-4-6-8-15)18(14-21)17-11-10-16(23-2)13-20(17)22/h4-8,10-11,13H,3H2,1-2H3. The molecule has 2 aromatic carbocycles. The van der Waals surface area contributed by atoms with E-state index in [1.807, 2.05) is 55.5 Å². The van der Waals surface area contributed by atoms with Crippen LogP contribution in [0.25, 0.3) is 10.9 Å². The lowest BCUT2D eigenvalue weighted by Crippen LogP contribution is -1.98. The molecule has 0 unspecified atom stereocenters. The monoisotopic (exact) mass is 300 g/mol. The van der Waals surface area contributed by atoms with Crippen molar-refractivity contribution in [2.75, 3.05) is 7.11 Å². The number of benzene rings is 2. The Morgan fingerprint density at radius 1 is 1.09 bits per heavy atom. The minimum Gasteiger partial charge on any atom is -0.497 e. The maximum absolute atomic E-state index is 9.59. The van der Waals surface area contributed by atoms with E-state index in [4.69, 9.17) is 4.74 Å². The summed E-state index contributed by atoms with van der Waals surface area (Å²) in [6.45, 7) is 2.79. The summed E-state index contributed by atoms with van der Waals surface area (Å²) in [5.74, 6) is 7.10. The Balaban J connectivity index is 2.24. The van der Waals surface area contributed by atoms with Gasteiger partial charge in [0, 0.05) is 23.6 Å². The van der Waals surface area contributed by atoms with Crippen molar-refractivity contribution in [3.63, 3.8) is 0 Å². The van der Waals surface area contributed by atoms with Gasteiger partial charge in [-0.1, -0.05) is 24.1 Å². The minimum atomic E-state index is 0.618. The number of aromatic nitrogens is 1. The van der Waals surface area contributed by atoms with Crippen molar-refractivity contribution in [1.82, 2.24) is 4.57 Å². The number of aryl methyl sites for hydroxylation is 1. The van der Waals surface area contributed by atoms with Crippen molar-refractivity contribution in [2.24, 2.45) is 0 Å². The molecule has 3 heteroatoms. The van der Waals surface area contributed by atoms with Crippen LogP contribution in [0.2, 0.25) is 0 Å². The third-order valence-electron chi connectivity index (χ3n) is 3.80. The van der Waals surface area contributed by atoms with Gasteiger partial charge in [-0.25, -0.2) is 0 Å². The summed E-state index contributed by atoms with van der Waals surface area (Å²) >= 11 is 0. The molecule has 3 rings (SSSR count). The summed E-state index contributed by atoms with van der Waals surface area (Å²) in [5.41, 5.74) is 3.28. The smallest absolute Gasteiger partial charge is 0.120 e. The first-order valence-corrected chi connectivity index (χ1v) is 7.46. The molecule has 0 atom stereocenters. The number of ether oxygens (including phenoxy) is 1. The maximum Gasteiger partial charge on any atom is 0.120 e. The molecule has 0 radical (unpaired) electrons. The molecular formula is C20H16N2O. The lowest BCUT2D eigenvalue weighted by molar-refractivity contribution is 0.415. The molecular weight excluding hydrogens is 284 g/mol. The lowest BCUT2D eigenvalue weighted by atomic mass is 10.1. The quantitative estimate of drug-likeness (QED) is 0.672. The second-order valence-corrected chi connectivity index (χ2v) is 5.08. The van der Waals surface area contributed by atoms with E-state index >= 15 is 0 Å². The molecule has 3 aromatic rings. The number of rotatable bonds is 2. The van der Waals surface area contributed by atoms with Crippen LogP contribution in [0.1, 0.15) is 23.7 Å². The first-order valence-electron chi connectivity index (χ1n) is 7.46. The highest BCUT2D eigenvalue weighted by Crippen LogP contribution is 2.28. The second kappa shape index (κ2) is 6.30. The van der Waals surface area contributed by atoms with Crippen molar-refractivity contribution < 1.29 is 4.74 Å². The van der Waals surface area contributed by atoms with Crippen LogP contribution in [0.5, 0.6) is 5.75 Å². The van der Waals surface area contributed by atoms with Crippen LogP contribution in [0.4, 0.5) is 0 Å². The maximum atomic E-state index is 9.59. The fraction of sp³-hybridized carbons (Fsp3) is 0.150. The Hall–Kier alpha value is -3.17. The lowest BCUT2D eigenvalue weighted by Gasteiger charge is -2.04. The summed E-state index contributed by atoms with van der Waals surface area (Å²) in [5, 5.41) is 10.5. The van der Waals surface area contributed by atoms with Gasteiger partial charge in [-0.15, -0.1) is 0 Å². The van der Waals surface area contributed by atoms with Crippen LogP contribution in [-0.4, -0.2) is 11.7 Å². The van der Waals surface area contributed by atoms with Gasteiger partial charge in [0.15, 0.2) is 0 Å². The fourth-order valence-electron chi connectivity index (χ4n) is 2.68. The zero-order valence-corrected chi connectivity index (χ0v) is 13.1. The highest BCUT2D eigenvalue weighted by Gasteiger charge is 2.15. The number of hydrogen-bond donors (Lipinski definition) is 0. The molecule has 0 saturated heterocycles. The molecule has 0 amide bonds. The van der Waals surface area contributed by atoms with Crippen molar-refractivity contribution in [1.29, 1.82) is 5.26 Å². The average Bonchev–Trinajstić information content (AvgIpc) is 2.92. The van der Waals surface area contributed by atoms with E-state index in [0.717, 1.165) is 34.5 Å². The molecule has 1 aromatic heterocycles. The number of nitriles is 1. The zero-order chi connectivity index (χ0) is 16.2. The van der Waals surface area contributed by atoms with Crippen LogP contribution in [0, 0.1) is 23.2 Å². The van der Waals surface area contributed by atoms with E-state index in [9.17, 15) is 5.26 Å². The Morgan fingerprint density at radius 3 is 2.52 bits per heavy atom. The normalized spacial score (nSPS) is 9.96. The van der Waals surface area contributed by atoms with Crippen LogP contribution in [0.3, 0.4) is 0 Å². The van der Waals surface area contributed by atoms with E-state index in [2.05, 4.69) is 22.5 Å². The average molecular weight is 300 g/mol. The predicted octanol–water partition coefficient (Wildman–Crippen LogP) is 3.94. The van der Waals surface area contributed by atoms with E-state index in [-0.39, 0.29) is 0 Å². The summed E-state index contributed by atoms with van der Waals surface area (Å²) < 4.78 is 7.36. The van der Waals surface area contributed by atoms with E-state index in [0.29, 0.717) is 5.56 Å². The molecule has 23 heavy (non-hydrogen) atoms. The zero-order valence-electron chi connectivity index (χ0n) is 13.1. The van der Waals surface area contributed by atoms with Crippen molar-refractivity contribution in [3.05, 3.63) is 65.4 Å². The summed E-state index contributed by atoms with van der Waals surface area (Å²) in [7, 11) is 1.64. The van der Waals surface area contributed by atoms with Crippen LogP contribution < -0.4 is 4.74 Å². The molecule has 3 nitrogen and oxygen atoms in total. The van der Waals surface area contributed by atoms with E-state index < -0.39 is 0 Å². The summed E-state index contributed by atoms with van der Waals surface area (Å²) in [6, 6.07) is 17.8. The fourth-order valence-corrected chi connectivity index (χ4v) is 2.68. The number of fused-ring (bicyclic) bond motifs is 1. The van der Waals surface area contributed by atoms with E-state index in [1.165, 1.54) is 0 Å². The van der Waals surface area contributed by atoms with Gasteiger partial charge in [0.05, 0.1) is 18.2 Å². The van der Waals surface area contributed by atoms with Gasteiger partial charge < -0.3 is 9.30 Å². The predicted molar refractivity (Wildman–Crippen MR) is 91.3 cm³/mol. The third kappa shape index (κ3) is 2.65. The van der Waals surface area contributed by atoms with Crippen LogP contribution in [0.15, 0.2) is 48.5 Å². The Kier molecular flexibility index (Phi) is 4.04. The number of nitrogens with zero attached hydrogens (tertiary/aromatic N) is 2. The van der Waals surface area contributed by atoms with Gasteiger partial charge >= 0.3 is 0 Å². The van der Waals surface area contributed by atoms with Crippen LogP contribution in [-0.2, 0) is 6.54 Å². The second-order valence-electron chi connectivity index (χ2n) is 5.08. The van der Waals surface area contributed by atoms with Gasteiger partial charge in [0.2, 0.25) is 0 Å². The molecule has 0 N–H and O–H groups in total. The Labute approximate surface area is 135 Å². The van der Waals surface area contributed by atoms with Crippen LogP contribution >= 0.6 is 0 Å². The summed E-state index contributed by atoms with van der Waals surface area (Å²) in [6.07, 6.45) is 0. The minimum absolute atomic E-state index is 0.618. The molecule has 0 aliphatic heterocycles. The Morgan fingerprint density at radius 2 is 1.87 bits per heavy atom. The van der Waals surface area contributed by atoms with Gasteiger partial charge in [0.1, 0.15) is 17.5 Å². The van der Waals surface area contributed by atoms with Gasteiger partial charge in [-0.05, 0) is 37.1 Å². The molecule has 0 saturated carbocycles.